The summed E-state index contributed by atoms with van der Waals surface area (Å²) in [7, 11) is 0.392. The summed E-state index contributed by atoms with van der Waals surface area (Å²) in [6, 6.07) is 39.0. The first-order valence-corrected chi connectivity index (χ1v) is 14.2. The van der Waals surface area contributed by atoms with Crippen LogP contribution in [0.4, 0.5) is 17.1 Å². The molecule has 0 unspecified atom stereocenters. The summed E-state index contributed by atoms with van der Waals surface area (Å²) in [5.74, 6) is 0. The molecule has 0 fully saturated rings. The summed E-state index contributed by atoms with van der Waals surface area (Å²) in [5, 5.41) is 10.7. The van der Waals surface area contributed by atoms with Crippen LogP contribution in [0.5, 0.6) is 0 Å². The molecule has 0 bridgehead atoms. The Hall–Kier alpha value is -4.19. The molecule has 0 radical (unpaired) electrons. The molecule has 2 aliphatic rings. The predicted octanol–water partition coefficient (Wildman–Crippen LogP) is 6.77. The molecule has 0 saturated carbocycles. The summed E-state index contributed by atoms with van der Waals surface area (Å²) in [4.78, 5) is 7.32. The lowest BCUT2D eigenvalue weighted by Crippen LogP contribution is -2.49. The fraction of sp³-hybridized carbons (Fsp3) is 0.194. The second-order valence-corrected chi connectivity index (χ2v) is 12.1. The Labute approximate surface area is 242 Å². The molecule has 4 aromatic carbocycles. The Balaban J connectivity index is 1.49. The van der Waals surface area contributed by atoms with E-state index < -0.39 is 16.6 Å². The summed E-state index contributed by atoms with van der Waals surface area (Å²) >= 11 is 0. The Morgan fingerprint density at radius 3 is 1.98 bits per heavy atom. The van der Waals surface area contributed by atoms with Gasteiger partial charge in [0.2, 0.25) is 0 Å². The van der Waals surface area contributed by atoms with Crippen LogP contribution in [0, 0.1) is 0 Å². The Bertz CT molecular complexity index is 1730. The molecule has 5 aromatic rings. The van der Waals surface area contributed by atoms with Gasteiger partial charge in [-0.2, -0.15) is 0 Å². The first-order chi connectivity index (χ1) is 19.7. The van der Waals surface area contributed by atoms with Crippen molar-refractivity contribution in [1.29, 1.82) is 0 Å². The van der Waals surface area contributed by atoms with Crippen molar-refractivity contribution < 1.29 is 9.76 Å². The highest BCUT2D eigenvalue weighted by atomic mass is 16.5. The number of para-hydroxylation sites is 3. The van der Waals surface area contributed by atoms with Gasteiger partial charge in [-0.1, -0.05) is 84.3 Å². The van der Waals surface area contributed by atoms with E-state index in [0.717, 1.165) is 33.8 Å². The van der Waals surface area contributed by atoms with E-state index in [1.165, 1.54) is 22.3 Å². The first kappa shape index (κ1) is 25.8. The third-order valence-corrected chi connectivity index (χ3v) is 9.14. The Kier molecular flexibility index (Phi) is 5.76. The molecule has 2 heterocycles. The molecule has 1 aliphatic heterocycles. The number of aromatic nitrogens is 1. The normalized spacial score (nSPS) is 14.7. The van der Waals surface area contributed by atoms with E-state index in [1.54, 1.807) is 13.8 Å². The molecule has 41 heavy (non-hydrogen) atoms. The van der Waals surface area contributed by atoms with Crippen LogP contribution in [0.15, 0.2) is 115 Å². The van der Waals surface area contributed by atoms with Crippen LogP contribution < -0.4 is 10.4 Å². The number of nitrogens with zero attached hydrogens (tertiary/aromatic N) is 2. The molecular weight excluding hydrogens is 503 g/mol. The lowest BCUT2D eigenvalue weighted by molar-refractivity contribution is -0.0893. The standard InChI is InChI=1S/C36H33BN2O2/c1-34(2,40)35(3,4)41-37-24-20-21-26-30(23-24)36(29-17-12-22-38-33(26)29)27-15-8-10-18-31(27)39(25-13-6-5-7-14-25)32-19-11-9-16-28(32)36/h5-23,37,40H,1-4H3. The minimum atomic E-state index is -0.979. The fourth-order valence-electron chi connectivity index (χ4n) is 6.39. The number of pyridine rings is 1. The van der Waals surface area contributed by atoms with Gasteiger partial charge in [-0.05, 0) is 80.3 Å². The van der Waals surface area contributed by atoms with E-state index in [4.69, 9.17) is 9.64 Å². The zero-order chi connectivity index (χ0) is 28.4. The van der Waals surface area contributed by atoms with Crippen molar-refractivity contribution >= 4 is 30.0 Å². The SMILES string of the molecule is CC(C)(O)C(C)(C)OBc1ccc2c(c1)C1(c3ccccc3N(c3ccccc3)c3ccccc31)c1cccnc1-2. The van der Waals surface area contributed by atoms with Crippen LogP contribution in [-0.4, -0.2) is 28.8 Å². The average Bonchev–Trinajstić information content (AvgIpc) is 3.27. The largest absolute Gasteiger partial charge is 0.427 e. The van der Waals surface area contributed by atoms with Crippen LogP contribution in [0.3, 0.4) is 0 Å². The smallest absolute Gasteiger partial charge is 0.309 e. The third kappa shape index (κ3) is 3.73. The van der Waals surface area contributed by atoms with Gasteiger partial charge in [0.05, 0.1) is 33.7 Å². The zero-order valence-corrected chi connectivity index (χ0v) is 23.9. The minimum absolute atomic E-state index is 0.392. The molecule has 1 N–H and O–H groups in total. The summed E-state index contributed by atoms with van der Waals surface area (Å²) in [6.45, 7) is 7.46. The van der Waals surface area contributed by atoms with Gasteiger partial charge in [0.25, 0.3) is 0 Å². The van der Waals surface area contributed by atoms with Crippen molar-refractivity contribution in [2.75, 3.05) is 4.90 Å². The lowest BCUT2D eigenvalue weighted by Gasteiger charge is -2.45. The number of hydrogen-bond donors (Lipinski definition) is 1. The molecule has 0 atom stereocenters. The number of rotatable bonds is 5. The van der Waals surface area contributed by atoms with Crippen LogP contribution in [0.2, 0.25) is 0 Å². The van der Waals surface area contributed by atoms with Gasteiger partial charge >= 0.3 is 7.48 Å². The summed E-state index contributed by atoms with van der Waals surface area (Å²) in [6.07, 6.45) is 1.89. The third-order valence-electron chi connectivity index (χ3n) is 9.14. The Morgan fingerprint density at radius 2 is 1.32 bits per heavy atom. The first-order valence-electron chi connectivity index (χ1n) is 14.2. The van der Waals surface area contributed by atoms with E-state index >= 15 is 0 Å². The van der Waals surface area contributed by atoms with Gasteiger partial charge < -0.3 is 14.7 Å². The summed E-state index contributed by atoms with van der Waals surface area (Å²) < 4.78 is 6.33. The second kappa shape index (κ2) is 9.17. The highest BCUT2D eigenvalue weighted by Crippen LogP contribution is 2.62. The topological polar surface area (TPSA) is 45.6 Å². The highest BCUT2D eigenvalue weighted by molar-refractivity contribution is 6.47. The number of benzene rings is 4. The van der Waals surface area contributed by atoms with Gasteiger partial charge in [-0.15, -0.1) is 0 Å². The van der Waals surface area contributed by atoms with E-state index in [2.05, 4.69) is 114 Å². The minimum Gasteiger partial charge on any atom is -0.427 e. The van der Waals surface area contributed by atoms with E-state index in [-0.39, 0.29) is 0 Å². The van der Waals surface area contributed by atoms with Crippen LogP contribution in [0.1, 0.15) is 49.9 Å². The van der Waals surface area contributed by atoms with Crippen molar-refractivity contribution in [3.63, 3.8) is 0 Å². The number of hydrogen-bond acceptors (Lipinski definition) is 4. The molecule has 0 amide bonds. The second-order valence-electron chi connectivity index (χ2n) is 12.1. The van der Waals surface area contributed by atoms with Crippen LogP contribution >= 0.6 is 0 Å². The highest BCUT2D eigenvalue weighted by Gasteiger charge is 2.52. The average molecular weight is 536 g/mol. The van der Waals surface area contributed by atoms with Crippen molar-refractivity contribution in [2.24, 2.45) is 0 Å². The van der Waals surface area contributed by atoms with Crippen LogP contribution in [0.25, 0.3) is 11.3 Å². The number of fused-ring (bicyclic) bond motifs is 9. The van der Waals surface area contributed by atoms with E-state index in [9.17, 15) is 5.11 Å². The molecule has 1 spiro atoms. The molecule has 5 heteroatoms. The van der Waals surface area contributed by atoms with Gasteiger partial charge in [0, 0.05) is 17.4 Å². The van der Waals surface area contributed by atoms with E-state index in [0.29, 0.717) is 7.48 Å². The van der Waals surface area contributed by atoms with Crippen molar-refractivity contribution in [1.82, 2.24) is 4.98 Å². The number of aliphatic hydroxyl groups is 1. The molecule has 4 nitrogen and oxygen atoms in total. The van der Waals surface area contributed by atoms with Crippen LogP contribution in [-0.2, 0) is 10.1 Å². The van der Waals surface area contributed by atoms with E-state index in [1.807, 2.05) is 20.0 Å². The van der Waals surface area contributed by atoms with Gasteiger partial charge in [-0.3, -0.25) is 4.98 Å². The van der Waals surface area contributed by atoms with Crippen molar-refractivity contribution in [3.8, 4) is 11.3 Å². The molecule has 202 valence electrons. The maximum atomic E-state index is 10.7. The number of anilines is 3. The molecular formula is C36H33BN2O2. The maximum absolute atomic E-state index is 10.7. The Morgan fingerprint density at radius 1 is 0.707 bits per heavy atom. The van der Waals surface area contributed by atoms with Gasteiger partial charge in [0.1, 0.15) is 0 Å². The maximum Gasteiger partial charge on any atom is 0.309 e. The zero-order valence-electron chi connectivity index (χ0n) is 23.9. The quantitative estimate of drug-likeness (QED) is 0.247. The van der Waals surface area contributed by atoms with Crippen molar-refractivity contribution in [3.05, 3.63) is 138 Å². The molecule has 7 rings (SSSR count). The lowest BCUT2D eigenvalue weighted by atomic mass is 9.64. The molecule has 1 aromatic heterocycles. The molecule has 1 aliphatic carbocycles. The monoisotopic (exact) mass is 536 g/mol. The van der Waals surface area contributed by atoms with Gasteiger partial charge in [-0.25, -0.2) is 0 Å². The fourth-order valence-corrected chi connectivity index (χ4v) is 6.39. The van der Waals surface area contributed by atoms with Gasteiger partial charge in [0.15, 0.2) is 0 Å². The summed E-state index contributed by atoms with van der Waals surface area (Å²) in [5.41, 5.74) is 9.29. The van der Waals surface area contributed by atoms with Crippen molar-refractivity contribution in [2.45, 2.75) is 44.3 Å². The molecule has 0 saturated heterocycles. The predicted molar refractivity (Wildman–Crippen MR) is 168 cm³/mol.